The van der Waals surface area contributed by atoms with Crippen molar-refractivity contribution in [2.24, 2.45) is 0 Å². The van der Waals surface area contributed by atoms with Crippen LogP contribution in [0.25, 0.3) is 16.7 Å². The molecule has 0 saturated heterocycles. The van der Waals surface area contributed by atoms with E-state index < -0.39 is 24.0 Å². The molecule has 11 heteroatoms. The molecule has 0 spiro atoms. The van der Waals surface area contributed by atoms with Gasteiger partial charge in [0.05, 0.1) is 10.9 Å². The van der Waals surface area contributed by atoms with Crippen molar-refractivity contribution in [2.75, 3.05) is 11.9 Å². The zero-order valence-corrected chi connectivity index (χ0v) is 20.5. The lowest BCUT2D eigenvalue weighted by molar-refractivity contribution is -0.119. The number of fused-ring (bicyclic) bond motifs is 3. The maximum atomic E-state index is 13.4. The van der Waals surface area contributed by atoms with Gasteiger partial charge in [-0.05, 0) is 62.7 Å². The smallest absolute Gasteiger partial charge is 0.350 e. The van der Waals surface area contributed by atoms with Gasteiger partial charge in [-0.2, -0.15) is 0 Å². The van der Waals surface area contributed by atoms with Crippen LogP contribution in [-0.4, -0.2) is 43.7 Å². The van der Waals surface area contributed by atoms with Crippen LogP contribution < -0.4 is 21.5 Å². The number of aryl methyl sites for hydroxylation is 1. The van der Waals surface area contributed by atoms with E-state index in [4.69, 9.17) is 0 Å². The summed E-state index contributed by atoms with van der Waals surface area (Å²) in [5, 5.41) is 7.37. The van der Waals surface area contributed by atoms with Crippen molar-refractivity contribution in [1.82, 2.24) is 24.1 Å². The van der Waals surface area contributed by atoms with Crippen LogP contribution in [0.5, 0.6) is 0 Å². The third-order valence-corrected chi connectivity index (χ3v) is 5.78. The Hall–Kier alpha value is -4.28. The summed E-state index contributed by atoms with van der Waals surface area (Å²) in [7, 11) is 1.51. The van der Waals surface area contributed by atoms with Gasteiger partial charge in [-0.3, -0.25) is 19.0 Å². The van der Waals surface area contributed by atoms with E-state index >= 15 is 0 Å². The van der Waals surface area contributed by atoms with Crippen molar-refractivity contribution >= 4 is 34.2 Å². The second kappa shape index (κ2) is 9.76. The average Bonchev–Trinajstić information content (AvgIpc) is 3.16. The lowest BCUT2D eigenvalue weighted by Gasteiger charge is -2.16. The number of hydrogen-bond donors (Lipinski definition) is 1. The number of nitrogens with one attached hydrogen (secondary N) is 1. The second-order valence-electron chi connectivity index (χ2n) is 8.82. The highest BCUT2D eigenvalue weighted by Crippen LogP contribution is 2.16. The Morgan fingerprint density at radius 3 is 2.44 bits per heavy atom. The molecular formula is C25H27FN6O4. The molecule has 0 bridgehead atoms. The molecule has 0 aliphatic carbocycles. The number of carbonyl (C=O) groups excluding carboxylic acids is 2. The number of amides is 2. The highest BCUT2D eigenvalue weighted by atomic mass is 19.1. The summed E-state index contributed by atoms with van der Waals surface area (Å²) in [6.45, 7) is 5.46. The molecule has 2 aromatic heterocycles. The Morgan fingerprint density at radius 1 is 1.11 bits per heavy atom. The minimum absolute atomic E-state index is 0.0815. The first-order valence-corrected chi connectivity index (χ1v) is 11.6. The van der Waals surface area contributed by atoms with Gasteiger partial charge in [0.2, 0.25) is 11.7 Å². The first-order valence-electron chi connectivity index (χ1n) is 11.6. The van der Waals surface area contributed by atoms with Crippen LogP contribution in [-0.2, 0) is 17.9 Å². The molecule has 188 valence electrons. The predicted molar refractivity (Wildman–Crippen MR) is 134 cm³/mol. The maximum absolute atomic E-state index is 13.4. The number of carbonyl (C=O) groups is 2. The van der Waals surface area contributed by atoms with Crippen molar-refractivity contribution in [3.05, 3.63) is 74.7 Å². The Balaban J connectivity index is 1.85. The summed E-state index contributed by atoms with van der Waals surface area (Å²) in [6, 6.07) is 9.83. The van der Waals surface area contributed by atoms with Crippen molar-refractivity contribution in [3.8, 4) is 0 Å². The van der Waals surface area contributed by atoms with Gasteiger partial charge in [0.1, 0.15) is 12.4 Å². The van der Waals surface area contributed by atoms with Crippen LogP contribution in [0.1, 0.15) is 37.6 Å². The van der Waals surface area contributed by atoms with Gasteiger partial charge in [0.25, 0.3) is 11.5 Å². The quantitative estimate of drug-likeness (QED) is 0.423. The first-order chi connectivity index (χ1) is 17.1. The van der Waals surface area contributed by atoms with E-state index in [1.807, 2.05) is 20.8 Å². The number of anilines is 1. The van der Waals surface area contributed by atoms with E-state index in [2.05, 4.69) is 10.4 Å². The highest BCUT2D eigenvalue weighted by Gasteiger charge is 2.21. The Morgan fingerprint density at radius 2 is 1.81 bits per heavy atom. The molecule has 0 fully saturated rings. The fourth-order valence-electron chi connectivity index (χ4n) is 3.97. The second-order valence-corrected chi connectivity index (χ2v) is 8.82. The number of nitrogens with zero attached hydrogens (tertiary/aromatic N) is 5. The molecule has 36 heavy (non-hydrogen) atoms. The van der Waals surface area contributed by atoms with Crippen LogP contribution in [0.15, 0.2) is 52.1 Å². The van der Waals surface area contributed by atoms with E-state index in [9.17, 15) is 23.6 Å². The molecule has 0 atom stereocenters. The fourth-order valence-corrected chi connectivity index (χ4v) is 3.97. The largest absolute Gasteiger partial charge is 0.352 e. The minimum atomic E-state index is -0.623. The van der Waals surface area contributed by atoms with Crippen LogP contribution in [0.4, 0.5) is 10.1 Å². The monoisotopic (exact) mass is 494 g/mol. The molecule has 0 aliphatic heterocycles. The predicted octanol–water partition coefficient (Wildman–Crippen LogP) is 2.16. The van der Waals surface area contributed by atoms with Crippen molar-refractivity contribution < 1.29 is 14.0 Å². The van der Waals surface area contributed by atoms with Crippen molar-refractivity contribution in [1.29, 1.82) is 0 Å². The average molecular weight is 495 g/mol. The zero-order chi connectivity index (χ0) is 26.1. The summed E-state index contributed by atoms with van der Waals surface area (Å²) in [6.07, 6.45) is 0.614. The number of rotatable bonds is 7. The zero-order valence-electron chi connectivity index (χ0n) is 20.5. The fraction of sp³-hybridized carbons (Fsp3) is 0.320. The molecule has 2 amide bonds. The standard InChI is InChI=1S/C25H27FN6O4/c1-5-12-30-23(35)19-11-6-16(22(34)27-15(2)3)13-20(19)32-24(30)28-31(25(32)36)14-21(33)29(4)18-9-7-17(26)8-10-18/h6-11,13,15H,5,12,14H2,1-4H3,(H,27,34). The lowest BCUT2D eigenvalue weighted by Crippen LogP contribution is -2.34. The van der Waals surface area contributed by atoms with Crippen LogP contribution >= 0.6 is 0 Å². The molecule has 1 N–H and O–H groups in total. The molecular weight excluding hydrogens is 467 g/mol. The third-order valence-electron chi connectivity index (χ3n) is 5.78. The third kappa shape index (κ3) is 4.51. The van der Waals surface area contributed by atoms with Crippen molar-refractivity contribution in [2.45, 2.75) is 46.3 Å². The molecule has 0 saturated carbocycles. The van der Waals surface area contributed by atoms with Gasteiger partial charge >= 0.3 is 5.69 Å². The SMILES string of the molecule is CCCn1c(=O)c2ccc(C(=O)NC(C)C)cc2n2c(=O)n(CC(=O)N(C)c3ccc(F)cc3)nc12. The van der Waals surface area contributed by atoms with Gasteiger partial charge in [-0.25, -0.2) is 18.3 Å². The molecule has 2 heterocycles. The summed E-state index contributed by atoms with van der Waals surface area (Å²) >= 11 is 0. The van der Waals surface area contributed by atoms with Crippen LogP contribution in [0, 0.1) is 5.82 Å². The molecule has 0 radical (unpaired) electrons. The molecule has 0 unspecified atom stereocenters. The van der Waals surface area contributed by atoms with Gasteiger partial charge in [-0.1, -0.05) is 6.92 Å². The number of halogens is 1. The van der Waals surface area contributed by atoms with E-state index in [-0.39, 0.29) is 39.8 Å². The van der Waals surface area contributed by atoms with Gasteiger partial charge < -0.3 is 10.2 Å². The summed E-state index contributed by atoms with van der Waals surface area (Å²) in [5.74, 6) is -1.15. The molecule has 0 aliphatic rings. The van der Waals surface area contributed by atoms with Gasteiger partial charge in [0.15, 0.2) is 0 Å². The maximum Gasteiger partial charge on any atom is 0.352 e. The number of hydrogen-bond acceptors (Lipinski definition) is 5. The normalized spacial score (nSPS) is 11.4. The van der Waals surface area contributed by atoms with E-state index in [1.165, 1.54) is 57.3 Å². The number of benzene rings is 2. The van der Waals surface area contributed by atoms with Gasteiger partial charge in [-0.15, -0.1) is 5.10 Å². The minimum Gasteiger partial charge on any atom is -0.350 e. The highest BCUT2D eigenvalue weighted by molar-refractivity contribution is 5.98. The Labute approximate surface area is 205 Å². The molecule has 10 nitrogen and oxygen atoms in total. The van der Waals surface area contributed by atoms with E-state index in [1.54, 1.807) is 6.07 Å². The summed E-state index contributed by atoms with van der Waals surface area (Å²) in [5.41, 5.74) is 0.00261. The van der Waals surface area contributed by atoms with E-state index in [0.717, 1.165) is 4.68 Å². The molecule has 2 aromatic carbocycles. The van der Waals surface area contributed by atoms with Crippen molar-refractivity contribution in [3.63, 3.8) is 0 Å². The summed E-state index contributed by atoms with van der Waals surface area (Å²) < 4.78 is 16.9. The Kier molecular flexibility index (Phi) is 6.73. The number of likely N-dealkylation sites (N-methyl/N-ethyl adjacent to an activating group) is 1. The van der Waals surface area contributed by atoms with Crippen LogP contribution in [0.3, 0.4) is 0 Å². The molecule has 4 rings (SSSR count). The lowest BCUT2D eigenvalue weighted by atomic mass is 10.1. The van der Waals surface area contributed by atoms with Crippen LogP contribution in [0.2, 0.25) is 0 Å². The topological polar surface area (TPSA) is 111 Å². The number of aromatic nitrogens is 4. The summed E-state index contributed by atoms with van der Waals surface area (Å²) in [4.78, 5) is 53.5. The first kappa shape index (κ1) is 24.8. The van der Waals surface area contributed by atoms with Gasteiger partial charge in [0, 0.05) is 30.9 Å². The Bertz CT molecular complexity index is 1580. The molecule has 4 aromatic rings. The van der Waals surface area contributed by atoms with E-state index in [0.29, 0.717) is 18.7 Å².